The summed E-state index contributed by atoms with van der Waals surface area (Å²) in [4.78, 5) is 8.94. The number of hydrogen-bond donors (Lipinski definition) is 1. The van der Waals surface area contributed by atoms with E-state index in [9.17, 15) is 8.42 Å². The number of sulfonamides is 1. The van der Waals surface area contributed by atoms with E-state index in [-0.39, 0.29) is 0 Å². The average molecular weight is 395 g/mol. The minimum absolute atomic E-state index is 0.346. The lowest BCUT2D eigenvalue weighted by molar-refractivity contribution is 0.477. The molecule has 1 aliphatic rings. The Morgan fingerprint density at radius 1 is 1.15 bits per heavy atom. The molecule has 0 aliphatic carbocycles. The van der Waals surface area contributed by atoms with Gasteiger partial charge in [0.05, 0.1) is 4.90 Å². The van der Waals surface area contributed by atoms with E-state index in [2.05, 4.69) is 15.3 Å². The Kier molecular flexibility index (Phi) is 5.79. The van der Waals surface area contributed by atoms with Crippen LogP contribution in [0.25, 0.3) is 0 Å². The van der Waals surface area contributed by atoms with E-state index in [0.717, 1.165) is 36.2 Å². The Bertz CT molecular complexity index is 879. The average Bonchev–Trinajstić information content (AvgIpc) is 3.15. The lowest BCUT2D eigenvalue weighted by atomic mass is 10.2. The van der Waals surface area contributed by atoms with E-state index >= 15 is 0 Å². The summed E-state index contributed by atoms with van der Waals surface area (Å²) >= 11 is 6.19. The molecule has 1 N–H and O–H groups in total. The Morgan fingerprint density at radius 3 is 2.42 bits per heavy atom. The van der Waals surface area contributed by atoms with Crippen LogP contribution in [0.3, 0.4) is 0 Å². The van der Waals surface area contributed by atoms with Crippen LogP contribution in [0.1, 0.15) is 36.7 Å². The second kappa shape index (κ2) is 7.90. The minimum Gasteiger partial charge on any atom is -0.366 e. The van der Waals surface area contributed by atoms with Crippen molar-refractivity contribution in [3.8, 4) is 0 Å². The van der Waals surface area contributed by atoms with Gasteiger partial charge in [-0.15, -0.1) is 0 Å². The third kappa shape index (κ3) is 4.00. The largest absolute Gasteiger partial charge is 0.366 e. The van der Waals surface area contributed by atoms with Crippen molar-refractivity contribution in [1.82, 2.24) is 14.3 Å². The van der Waals surface area contributed by atoms with Crippen molar-refractivity contribution in [1.29, 1.82) is 0 Å². The molecule has 0 amide bonds. The lowest BCUT2D eigenvalue weighted by Gasteiger charge is -2.16. The summed E-state index contributed by atoms with van der Waals surface area (Å²) in [6, 6.07) is 7.00. The van der Waals surface area contributed by atoms with Crippen molar-refractivity contribution >= 4 is 27.4 Å². The van der Waals surface area contributed by atoms with Crippen LogP contribution in [-0.2, 0) is 23.0 Å². The number of benzene rings is 1. The number of nitrogens with one attached hydrogen (secondary N) is 1. The van der Waals surface area contributed by atoms with E-state index in [1.807, 2.05) is 19.1 Å². The fourth-order valence-electron chi connectivity index (χ4n) is 3.06. The third-order valence-corrected chi connectivity index (χ3v) is 6.73. The molecule has 2 heterocycles. The molecule has 0 saturated carbocycles. The van der Waals surface area contributed by atoms with Gasteiger partial charge in [0, 0.05) is 25.2 Å². The number of aryl methyl sites for hydroxylation is 1. The predicted molar refractivity (Wildman–Crippen MR) is 103 cm³/mol. The molecule has 6 nitrogen and oxygen atoms in total. The first-order chi connectivity index (χ1) is 12.4. The first-order valence-corrected chi connectivity index (χ1v) is 10.6. The van der Waals surface area contributed by atoms with E-state index in [0.29, 0.717) is 35.5 Å². The first-order valence-electron chi connectivity index (χ1n) is 8.78. The van der Waals surface area contributed by atoms with E-state index in [4.69, 9.17) is 11.6 Å². The van der Waals surface area contributed by atoms with Gasteiger partial charge in [0.2, 0.25) is 10.0 Å². The molecule has 2 aromatic rings. The van der Waals surface area contributed by atoms with Crippen LogP contribution in [0.5, 0.6) is 0 Å². The number of halogens is 1. The fraction of sp³-hybridized carbons (Fsp3) is 0.444. The first kappa shape index (κ1) is 19.1. The summed E-state index contributed by atoms with van der Waals surface area (Å²) in [5, 5.41) is 3.75. The zero-order valence-corrected chi connectivity index (χ0v) is 16.6. The summed E-state index contributed by atoms with van der Waals surface area (Å²) in [7, 11) is -3.37. The molecule has 140 valence electrons. The Labute approximate surface area is 159 Å². The molecular formula is C18H23ClN4O2S. The van der Waals surface area contributed by atoms with Crippen LogP contribution in [0.15, 0.2) is 29.2 Å². The van der Waals surface area contributed by atoms with Gasteiger partial charge in [-0.3, -0.25) is 0 Å². The minimum atomic E-state index is -3.37. The van der Waals surface area contributed by atoms with Crippen LogP contribution in [0.2, 0.25) is 5.15 Å². The van der Waals surface area contributed by atoms with Crippen molar-refractivity contribution in [2.24, 2.45) is 0 Å². The standard InChI is InChI=1S/C18H23ClN4O2S/c1-3-16-17(19)21-13(2)22-18(16)20-12-14-6-8-15(9-7-14)26(24,25)23-10-4-5-11-23/h6-9H,3-5,10-12H2,1-2H3,(H,20,21,22). The molecule has 1 fully saturated rings. The van der Waals surface area contributed by atoms with Crippen LogP contribution in [0, 0.1) is 6.92 Å². The molecule has 0 bridgehead atoms. The highest BCUT2D eigenvalue weighted by Crippen LogP contribution is 2.23. The number of aromatic nitrogens is 2. The van der Waals surface area contributed by atoms with Gasteiger partial charge in [-0.05, 0) is 43.9 Å². The molecule has 8 heteroatoms. The number of rotatable bonds is 6. The molecule has 0 radical (unpaired) electrons. The molecule has 0 spiro atoms. The van der Waals surface area contributed by atoms with Crippen LogP contribution in [0.4, 0.5) is 5.82 Å². The number of nitrogens with zero attached hydrogens (tertiary/aromatic N) is 3. The molecular weight excluding hydrogens is 372 g/mol. The summed E-state index contributed by atoms with van der Waals surface area (Å²) in [5.74, 6) is 1.33. The maximum Gasteiger partial charge on any atom is 0.243 e. The predicted octanol–water partition coefficient (Wildman–Crippen LogP) is 3.40. The molecule has 1 saturated heterocycles. The Hall–Kier alpha value is -1.70. The smallest absolute Gasteiger partial charge is 0.243 e. The van der Waals surface area contributed by atoms with E-state index in [1.54, 1.807) is 23.4 Å². The van der Waals surface area contributed by atoms with Gasteiger partial charge in [0.25, 0.3) is 0 Å². The van der Waals surface area contributed by atoms with Crippen molar-refractivity contribution in [3.63, 3.8) is 0 Å². The second-order valence-electron chi connectivity index (χ2n) is 6.35. The topological polar surface area (TPSA) is 75.2 Å². The van der Waals surface area contributed by atoms with Gasteiger partial charge in [0.15, 0.2) is 0 Å². The van der Waals surface area contributed by atoms with E-state index < -0.39 is 10.0 Å². The number of anilines is 1. The molecule has 0 unspecified atom stereocenters. The summed E-state index contributed by atoms with van der Waals surface area (Å²) in [6.07, 6.45) is 2.60. The van der Waals surface area contributed by atoms with Gasteiger partial charge in [-0.1, -0.05) is 30.7 Å². The zero-order chi connectivity index (χ0) is 18.7. The normalized spacial score (nSPS) is 15.3. The van der Waals surface area contributed by atoms with E-state index in [1.165, 1.54) is 0 Å². The highest BCUT2D eigenvalue weighted by Gasteiger charge is 2.26. The van der Waals surface area contributed by atoms with Gasteiger partial charge in [0.1, 0.15) is 16.8 Å². The molecule has 1 aliphatic heterocycles. The zero-order valence-electron chi connectivity index (χ0n) is 15.0. The monoisotopic (exact) mass is 394 g/mol. The van der Waals surface area contributed by atoms with Crippen LogP contribution < -0.4 is 5.32 Å². The summed E-state index contributed by atoms with van der Waals surface area (Å²) in [6.45, 7) is 5.56. The van der Waals surface area contributed by atoms with Crippen molar-refractivity contribution < 1.29 is 8.42 Å². The Morgan fingerprint density at radius 2 is 1.81 bits per heavy atom. The van der Waals surface area contributed by atoms with Crippen LogP contribution in [-0.4, -0.2) is 35.8 Å². The maximum absolute atomic E-state index is 12.6. The fourth-order valence-corrected chi connectivity index (χ4v) is 4.93. The van der Waals surface area contributed by atoms with Crippen LogP contribution >= 0.6 is 11.6 Å². The summed E-state index contributed by atoms with van der Waals surface area (Å²) < 4.78 is 26.7. The third-order valence-electron chi connectivity index (χ3n) is 4.51. The highest BCUT2D eigenvalue weighted by molar-refractivity contribution is 7.89. The quantitative estimate of drug-likeness (QED) is 0.760. The Balaban J connectivity index is 1.73. The highest BCUT2D eigenvalue weighted by atomic mass is 35.5. The molecule has 3 rings (SSSR count). The van der Waals surface area contributed by atoms with Gasteiger partial charge >= 0.3 is 0 Å². The maximum atomic E-state index is 12.6. The number of hydrogen-bond acceptors (Lipinski definition) is 5. The second-order valence-corrected chi connectivity index (χ2v) is 8.65. The van der Waals surface area contributed by atoms with Gasteiger partial charge in [-0.2, -0.15) is 4.31 Å². The molecule has 1 aromatic carbocycles. The molecule has 26 heavy (non-hydrogen) atoms. The van der Waals surface area contributed by atoms with Crippen molar-refractivity contribution in [3.05, 3.63) is 46.4 Å². The summed E-state index contributed by atoms with van der Waals surface area (Å²) in [5.41, 5.74) is 1.85. The molecule has 1 aromatic heterocycles. The SMILES string of the molecule is CCc1c(Cl)nc(C)nc1NCc1ccc(S(=O)(=O)N2CCCC2)cc1. The van der Waals surface area contributed by atoms with Gasteiger partial charge < -0.3 is 5.32 Å². The van der Waals surface area contributed by atoms with Crippen molar-refractivity contribution in [2.45, 2.75) is 44.6 Å². The van der Waals surface area contributed by atoms with Crippen molar-refractivity contribution in [2.75, 3.05) is 18.4 Å². The lowest BCUT2D eigenvalue weighted by Crippen LogP contribution is -2.27. The molecule has 0 atom stereocenters. The van der Waals surface area contributed by atoms with Gasteiger partial charge in [-0.25, -0.2) is 18.4 Å².